The summed E-state index contributed by atoms with van der Waals surface area (Å²) in [5, 5.41) is 4.43. The van der Waals surface area contributed by atoms with Gasteiger partial charge in [0, 0.05) is 16.1 Å². The van der Waals surface area contributed by atoms with Crippen LogP contribution < -0.4 is 10.9 Å². The van der Waals surface area contributed by atoms with Crippen molar-refractivity contribution in [2.45, 2.75) is 26.4 Å². The summed E-state index contributed by atoms with van der Waals surface area (Å²) in [5.41, 5.74) is 4.21. The Morgan fingerprint density at radius 2 is 1.68 bits per heavy atom. The zero-order chi connectivity index (χ0) is 23.7. The van der Waals surface area contributed by atoms with E-state index in [2.05, 4.69) is 10.3 Å². The molecule has 5 aromatic rings. The van der Waals surface area contributed by atoms with Crippen LogP contribution in [0, 0.1) is 0 Å². The van der Waals surface area contributed by atoms with Crippen LogP contribution in [0.15, 0.2) is 83.9 Å². The van der Waals surface area contributed by atoms with Gasteiger partial charge in [-0.15, -0.1) is 0 Å². The van der Waals surface area contributed by atoms with Crippen molar-refractivity contribution in [1.82, 2.24) is 14.1 Å². The Bertz CT molecular complexity index is 1590. The number of para-hydroxylation sites is 2. The topological polar surface area (TPSA) is 68.9 Å². The molecule has 6 nitrogen and oxygen atoms in total. The summed E-state index contributed by atoms with van der Waals surface area (Å²) in [7, 11) is 0. The fourth-order valence-corrected chi connectivity index (χ4v) is 4.51. The highest BCUT2D eigenvalue weighted by atomic mass is 35.5. The average Bonchev–Trinajstić information content (AvgIpc) is 3.16. The van der Waals surface area contributed by atoms with E-state index in [1.807, 2.05) is 73.7 Å². The standard InChI is InChI=1S/C27H23ClN4O2/c1-2-18-9-4-7-13-22(18)30-24(33)16-32-23-14-8-5-11-20(23)25-26(32)27(34)31(17-29-25)15-19-10-3-6-12-21(19)28/h3-14,17H,2,15-16H2,1H3,(H,30,33). The van der Waals surface area contributed by atoms with Crippen LogP contribution in [-0.2, 0) is 24.3 Å². The summed E-state index contributed by atoms with van der Waals surface area (Å²) in [6.07, 6.45) is 2.35. The van der Waals surface area contributed by atoms with Crippen molar-refractivity contribution >= 4 is 45.1 Å². The van der Waals surface area contributed by atoms with E-state index in [9.17, 15) is 9.59 Å². The number of carbonyl (C=O) groups excluding carboxylic acids is 1. The van der Waals surface area contributed by atoms with E-state index in [4.69, 9.17) is 11.6 Å². The van der Waals surface area contributed by atoms with Gasteiger partial charge >= 0.3 is 0 Å². The minimum absolute atomic E-state index is 0.00487. The lowest BCUT2D eigenvalue weighted by Crippen LogP contribution is -2.25. The van der Waals surface area contributed by atoms with Crippen molar-refractivity contribution in [3.63, 3.8) is 0 Å². The van der Waals surface area contributed by atoms with Crippen molar-refractivity contribution < 1.29 is 4.79 Å². The number of anilines is 1. The molecule has 2 heterocycles. The highest BCUT2D eigenvalue weighted by Crippen LogP contribution is 2.26. The van der Waals surface area contributed by atoms with Crippen LogP contribution in [0.25, 0.3) is 21.9 Å². The third kappa shape index (κ3) is 3.97. The number of aromatic nitrogens is 3. The van der Waals surface area contributed by atoms with E-state index in [-0.39, 0.29) is 18.0 Å². The molecule has 0 atom stereocenters. The Morgan fingerprint density at radius 3 is 2.47 bits per heavy atom. The summed E-state index contributed by atoms with van der Waals surface area (Å²) in [5.74, 6) is -0.204. The number of hydrogen-bond donors (Lipinski definition) is 1. The van der Waals surface area contributed by atoms with E-state index in [1.165, 1.54) is 4.57 Å². The second-order valence-corrected chi connectivity index (χ2v) is 8.54. The molecule has 1 amide bonds. The molecule has 3 aromatic carbocycles. The SMILES string of the molecule is CCc1ccccc1NC(=O)Cn1c2ccccc2c2ncn(Cc3ccccc3Cl)c(=O)c21. The van der Waals surface area contributed by atoms with Crippen LogP contribution in [0.4, 0.5) is 5.69 Å². The molecular weight excluding hydrogens is 448 g/mol. The molecule has 5 rings (SSSR count). The second-order valence-electron chi connectivity index (χ2n) is 8.13. The fourth-order valence-electron chi connectivity index (χ4n) is 4.32. The van der Waals surface area contributed by atoms with Gasteiger partial charge in [-0.05, 0) is 35.7 Å². The minimum atomic E-state index is -0.220. The number of amides is 1. The van der Waals surface area contributed by atoms with Gasteiger partial charge in [-0.1, -0.05) is 73.1 Å². The molecule has 0 saturated carbocycles. The number of halogens is 1. The number of fused-ring (bicyclic) bond motifs is 3. The van der Waals surface area contributed by atoms with E-state index in [1.54, 1.807) is 17.0 Å². The Morgan fingerprint density at radius 1 is 0.971 bits per heavy atom. The third-order valence-corrected chi connectivity index (χ3v) is 6.38. The molecule has 170 valence electrons. The maximum Gasteiger partial charge on any atom is 0.278 e. The van der Waals surface area contributed by atoms with Gasteiger partial charge in [0.25, 0.3) is 5.56 Å². The first kappa shape index (κ1) is 21.9. The number of carbonyl (C=O) groups is 1. The Hall–Kier alpha value is -3.90. The molecule has 2 aromatic heterocycles. The van der Waals surface area contributed by atoms with Gasteiger partial charge in [0.1, 0.15) is 17.6 Å². The van der Waals surface area contributed by atoms with Crippen molar-refractivity contribution in [1.29, 1.82) is 0 Å². The first-order chi connectivity index (χ1) is 16.6. The highest BCUT2D eigenvalue weighted by molar-refractivity contribution is 6.31. The highest BCUT2D eigenvalue weighted by Gasteiger charge is 2.19. The van der Waals surface area contributed by atoms with E-state index in [0.29, 0.717) is 22.6 Å². The third-order valence-electron chi connectivity index (χ3n) is 6.01. The van der Waals surface area contributed by atoms with Gasteiger partial charge in [0.15, 0.2) is 0 Å². The Labute approximate surface area is 201 Å². The average molecular weight is 471 g/mol. The maximum absolute atomic E-state index is 13.6. The molecule has 0 saturated heterocycles. The van der Waals surface area contributed by atoms with E-state index in [0.717, 1.165) is 34.1 Å². The molecule has 1 N–H and O–H groups in total. The minimum Gasteiger partial charge on any atom is -0.325 e. The summed E-state index contributed by atoms with van der Waals surface area (Å²) in [4.78, 5) is 31.3. The molecule has 0 aliphatic heterocycles. The normalized spacial score (nSPS) is 11.2. The fraction of sp³-hybridized carbons (Fsp3) is 0.148. The molecule has 0 bridgehead atoms. The quantitative estimate of drug-likeness (QED) is 0.368. The predicted molar refractivity (Wildman–Crippen MR) is 137 cm³/mol. The monoisotopic (exact) mass is 470 g/mol. The smallest absolute Gasteiger partial charge is 0.278 e. The van der Waals surface area contributed by atoms with Gasteiger partial charge in [0.05, 0.1) is 18.4 Å². The number of hydrogen-bond acceptors (Lipinski definition) is 3. The predicted octanol–water partition coefficient (Wildman–Crippen LogP) is 5.25. The maximum atomic E-state index is 13.6. The lowest BCUT2D eigenvalue weighted by Gasteiger charge is -2.12. The molecular formula is C27H23ClN4O2. The molecule has 0 fully saturated rings. The molecule has 0 spiro atoms. The summed E-state index contributed by atoms with van der Waals surface area (Å²) < 4.78 is 3.29. The molecule has 7 heteroatoms. The number of benzene rings is 3. The molecule has 0 aliphatic carbocycles. The molecule has 34 heavy (non-hydrogen) atoms. The van der Waals surface area contributed by atoms with Crippen LogP contribution in [0.5, 0.6) is 0 Å². The molecule has 0 aliphatic rings. The van der Waals surface area contributed by atoms with Crippen LogP contribution >= 0.6 is 11.6 Å². The summed E-state index contributed by atoms with van der Waals surface area (Å²) in [6.45, 7) is 2.33. The number of nitrogens with one attached hydrogen (secondary N) is 1. The van der Waals surface area contributed by atoms with Gasteiger partial charge in [0.2, 0.25) is 5.91 Å². The number of nitrogens with zero attached hydrogens (tertiary/aromatic N) is 3. The first-order valence-corrected chi connectivity index (χ1v) is 11.5. The zero-order valence-electron chi connectivity index (χ0n) is 18.7. The lowest BCUT2D eigenvalue weighted by molar-refractivity contribution is -0.116. The van der Waals surface area contributed by atoms with Crippen LogP contribution in [0.3, 0.4) is 0 Å². The van der Waals surface area contributed by atoms with Gasteiger partial charge in [-0.3, -0.25) is 14.2 Å². The van der Waals surface area contributed by atoms with Crippen LogP contribution in [0.2, 0.25) is 5.02 Å². The largest absolute Gasteiger partial charge is 0.325 e. The zero-order valence-corrected chi connectivity index (χ0v) is 19.4. The van der Waals surface area contributed by atoms with Crippen molar-refractivity contribution in [3.05, 3.63) is 106 Å². The van der Waals surface area contributed by atoms with Crippen molar-refractivity contribution in [3.8, 4) is 0 Å². The first-order valence-electron chi connectivity index (χ1n) is 11.1. The molecule has 0 radical (unpaired) electrons. The van der Waals surface area contributed by atoms with Crippen molar-refractivity contribution in [2.75, 3.05) is 5.32 Å². The van der Waals surface area contributed by atoms with Crippen LogP contribution in [0.1, 0.15) is 18.1 Å². The van der Waals surface area contributed by atoms with Crippen molar-refractivity contribution in [2.24, 2.45) is 0 Å². The number of rotatable bonds is 6. The second kappa shape index (κ2) is 9.15. The van der Waals surface area contributed by atoms with Crippen LogP contribution in [-0.4, -0.2) is 20.0 Å². The lowest BCUT2D eigenvalue weighted by atomic mass is 10.1. The summed E-state index contributed by atoms with van der Waals surface area (Å²) >= 11 is 6.32. The summed E-state index contributed by atoms with van der Waals surface area (Å²) in [6, 6.07) is 22.8. The van der Waals surface area contributed by atoms with Gasteiger partial charge < -0.3 is 9.88 Å². The Kier molecular flexibility index (Phi) is 5.90. The van der Waals surface area contributed by atoms with E-state index < -0.39 is 0 Å². The van der Waals surface area contributed by atoms with Gasteiger partial charge in [-0.2, -0.15) is 0 Å². The Balaban J connectivity index is 1.59. The number of aryl methyl sites for hydroxylation is 1. The van der Waals surface area contributed by atoms with E-state index >= 15 is 0 Å². The van der Waals surface area contributed by atoms with Gasteiger partial charge in [-0.25, -0.2) is 4.98 Å². The molecule has 0 unspecified atom stereocenters.